The molecule has 7 nitrogen and oxygen atoms in total. The molecule has 0 spiro atoms. The standard InChI is InChI=1S/C23H30NO6/c1-23(2,3)30-22(25)15-24-12-10-18(11-13-24)6-7-19-8-9-20(28-16-26-4)21(14-19)29-17-27-5/h6-14H,15-17H2,1-5H3/q+1. The normalized spacial score (nSPS) is 11.5. The Morgan fingerprint density at radius 3 is 2.10 bits per heavy atom. The van der Waals surface area contributed by atoms with Crippen molar-refractivity contribution in [3.63, 3.8) is 0 Å². The fraction of sp³-hybridized carbons (Fsp3) is 0.391. The van der Waals surface area contributed by atoms with Crippen LogP contribution in [-0.4, -0.2) is 39.4 Å². The van der Waals surface area contributed by atoms with Crippen molar-refractivity contribution in [1.29, 1.82) is 0 Å². The molecule has 0 fully saturated rings. The van der Waals surface area contributed by atoms with E-state index in [-0.39, 0.29) is 26.1 Å². The maximum absolute atomic E-state index is 11.9. The van der Waals surface area contributed by atoms with Crippen molar-refractivity contribution in [2.45, 2.75) is 32.9 Å². The third-order valence-corrected chi connectivity index (χ3v) is 3.75. The van der Waals surface area contributed by atoms with Crippen molar-refractivity contribution < 1.29 is 33.0 Å². The molecule has 162 valence electrons. The molecule has 0 bridgehead atoms. The molecule has 30 heavy (non-hydrogen) atoms. The number of methoxy groups -OCH3 is 2. The van der Waals surface area contributed by atoms with Gasteiger partial charge < -0.3 is 23.7 Å². The minimum atomic E-state index is -0.490. The number of aromatic nitrogens is 1. The Balaban J connectivity index is 2.04. The molecule has 0 atom stereocenters. The molecule has 0 aliphatic heterocycles. The smallest absolute Gasteiger partial charge is 0.373 e. The minimum absolute atomic E-state index is 0.118. The lowest BCUT2D eigenvalue weighted by Gasteiger charge is -2.18. The van der Waals surface area contributed by atoms with Gasteiger partial charge in [-0.05, 0) is 44.0 Å². The maximum atomic E-state index is 11.9. The number of benzene rings is 1. The summed E-state index contributed by atoms with van der Waals surface area (Å²) < 4.78 is 28.1. The molecule has 1 aromatic carbocycles. The molecule has 0 aliphatic rings. The first-order valence-corrected chi connectivity index (χ1v) is 9.57. The molecule has 0 unspecified atom stereocenters. The topological polar surface area (TPSA) is 67.1 Å². The summed E-state index contributed by atoms with van der Waals surface area (Å²) in [5.41, 5.74) is 1.45. The Morgan fingerprint density at radius 2 is 1.50 bits per heavy atom. The van der Waals surface area contributed by atoms with Crippen molar-refractivity contribution in [2.75, 3.05) is 27.8 Å². The summed E-state index contributed by atoms with van der Waals surface area (Å²) in [5, 5.41) is 0. The Kier molecular flexibility index (Phi) is 8.83. The van der Waals surface area contributed by atoms with Crippen molar-refractivity contribution in [3.8, 4) is 11.5 Å². The second-order valence-corrected chi connectivity index (χ2v) is 7.53. The zero-order chi connectivity index (χ0) is 22.0. The predicted octanol–water partition coefficient (Wildman–Crippen LogP) is 3.45. The highest BCUT2D eigenvalue weighted by atomic mass is 16.7. The van der Waals surface area contributed by atoms with Gasteiger partial charge in [-0.2, -0.15) is 4.57 Å². The van der Waals surface area contributed by atoms with Gasteiger partial charge in [0.2, 0.25) is 6.54 Å². The molecule has 2 rings (SSSR count). The van der Waals surface area contributed by atoms with E-state index in [9.17, 15) is 4.79 Å². The van der Waals surface area contributed by atoms with Crippen LogP contribution in [0.5, 0.6) is 11.5 Å². The van der Waals surface area contributed by atoms with Gasteiger partial charge in [-0.25, -0.2) is 4.79 Å². The van der Waals surface area contributed by atoms with Gasteiger partial charge in [0.15, 0.2) is 37.5 Å². The van der Waals surface area contributed by atoms with E-state index in [4.69, 9.17) is 23.7 Å². The third kappa shape index (κ3) is 8.23. The number of ether oxygens (including phenoxy) is 5. The maximum Gasteiger partial charge on any atom is 0.373 e. The Labute approximate surface area is 177 Å². The number of hydrogen-bond donors (Lipinski definition) is 0. The fourth-order valence-electron chi connectivity index (χ4n) is 2.51. The highest BCUT2D eigenvalue weighted by Crippen LogP contribution is 2.29. The van der Waals surface area contributed by atoms with Crippen molar-refractivity contribution in [3.05, 3.63) is 53.9 Å². The molecule has 0 saturated heterocycles. The zero-order valence-corrected chi connectivity index (χ0v) is 18.2. The number of esters is 1. The van der Waals surface area contributed by atoms with Crippen LogP contribution in [0.3, 0.4) is 0 Å². The summed E-state index contributed by atoms with van der Waals surface area (Å²) in [5.74, 6) is 0.878. The molecule has 0 aliphatic carbocycles. The van der Waals surface area contributed by atoms with Gasteiger partial charge in [0, 0.05) is 26.4 Å². The predicted molar refractivity (Wildman–Crippen MR) is 113 cm³/mol. The Morgan fingerprint density at radius 1 is 0.900 bits per heavy atom. The van der Waals surface area contributed by atoms with E-state index in [1.54, 1.807) is 18.8 Å². The highest BCUT2D eigenvalue weighted by Gasteiger charge is 2.19. The summed E-state index contributed by atoms with van der Waals surface area (Å²) in [6.07, 6.45) is 7.63. The summed E-state index contributed by atoms with van der Waals surface area (Å²) in [7, 11) is 3.12. The van der Waals surface area contributed by atoms with E-state index < -0.39 is 5.60 Å². The van der Waals surface area contributed by atoms with Gasteiger partial charge in [0.1, 0.15) is 5.60 Å². The molecule has 1 aromatic heterocycles. The first-order chi connectivity index (χ1) is 14.3. The zero-order valence-electron chi connectivity index (χ0n) is 18.2. The van der Waals surface area contributed by atoms with Crippen LogP contribution in [0.2, 0.25) is 0 Å². The van der Waals surface area contributed by atoms with E-state index in [0.29, 0.717) is 11.5 Å². The number of nitrogens with zero attached hydrogens (tertiary/aromatic N) is 1. The largest absolute Gasteiger partial charge is 0.464 e. The van der Waals surface area contributed by atoms with Crippen molar-refractivity contribution >= 4 is 18.1 Å². The monoisotopic (exact) mass is 416 g/mol. The number of hydrogen-bond acceptors (Lipinski definition) is 6. The molecular formula is C23H30NO6+. The van der Waals surface area contributed by atoms with Gasteiger partial charge in [0.05, 0.1) is 0 Å². The Bertz CT molecular complexity index is 840. The number of carbonyl (C=O) groups is 1. The molecule has 0 saturated carbocycles. The van der Waals surface area contributed by atoms with Crippen LogP contribution in [0.25, 0.3) is 12.2 Å². The minimum Gasteiger partial charge on any atom is -0.464 e. The first kappa shape index (κ1) is 23.4. The van der Waals surface area contributed by atoms with E-state index in [2.05, 4.69) is 0 Å². The van der Waals surface area contributed by atoms with E-state index >= 15 is 0 Å². The van der Waals surface area contributed by atoms with E-state index in [1.807, 2.05) is 75.6 Å². The molecular weight excluding hydrogens is 386 g/mol. The van der Waals surface area contributed by atoms with Crippen LogP contribution < -0.4 is 14.0 Å². The molecule has 1 heterocycles. The SMILES string of the molecule is COCOc1ccc(C=Cc2cc[n+](CC(=O)OC(C)(C)C)cc2)cc1OCOC. The van der Waals surface area contributed by atoms with Crippen LogP contribution in [0.1, 0.15) is 31.9 Å². The number of carbonyl (C=O) groups excluding carboxylic acids is 1. The lowest BCUT2D eigenvalue weighted by molar-refractivity contribution is -0.686. The van der Waals surface area contributed by atoms with Crippen LogP contribution in [-0.2, 0) is 25.5 Å². The number of rotatable bonds is 10. The average Bonchev–Trinajstić information content (AvgIpc) is 2.69. The fourth-order valence-corrected chi connectivity index (χ4v) is 2.51. The summed E-state index contributed by atoms with van der Waals surface area (Å²) in [4.78, 5) is 11.9. The van der Waals surface area contributed by atoms with Gasteiger partial charge >= 0.3 is 5.97 Å². The van der Waals surface area contributed by atoms with Gasteiger partial charge in [-0.15, -0.1) is 0 Å². The summed E-state index contributed by atoms with van der Waals surface area (Å²) >= 11 is 0. The molecule has 0 amide bonds. The Hall–Kier alpha value is -2.90. The van der Waals surface area contributed by atoms with Gasteiger partial charge in [0.25, 0.3) is 0 Å². The van der Waals surface area contributed by atoms with E-state index in [0.717, 1.165) is 11.1 Å². The molecule has 2 aromatic rings. The number of pyridine rings is 1. The van der Waals surface area contributed by atoms with Gasteiger partial charge in [-0.1, -0.05) is 18.2 Å². The summed E-state index contributed by atoms with van der Waals surface area (Å²) in [6, 6.07) is 9.47. The lowest BCUT2D eigenvalue weighted by atomic mass is 10.1. The molecule has 0 N–H and O–H groups in total. The quantitative estimate of drug-likeness (QED) is 0.336. The van der Waals surface area contributed by atoms with Crippen LogP contribution in [0.15, 0.2) is 42.7 Å². The average molecular weight is 416 g/mol. The second kappa shape index (κ2) is 11.3. The van der Waals surface area contributed by atoms with Crippen molar-refractivity contribution in [1.82, 2.24) is 0 Å². The lowest BCUT2D eigenvalue weighted by Crippen LogP contribution is -2.40. The van der Waals surface area contributed by atoms with Crippen LogP contribution >= 0.6 is 0 Å². The highest BCUT2D eigenvalue weighted by molar-refractivity contribution is 5.71. The van der Waals surface area contributed by atoms with Crippen LogP contribution in [0, 0.1) is 0 Å². The van der Waals surface area contributed by atoms with E-state index in [1.165, 1.54) is 0 Å². The van der Waals surface area contributed by atoms with Gasteiger partial charge in [-0.3, -0.25) is 0 Å². The van der Waals surface area contributed by atoms with Crippen LogP contribution in [0.4, 0.5) is 0 Å². The summed E-state index contributed by atoms with van der Waals surface area (Å²) in [6.45, 7) is 5.98. The van der Waals surface area contributed by atoms with Crippen molar-refractivity contribution in [2.24, 2.45) is 0 Å². The first-order valence-electron chi connectivity index (χ1n) is 9.57. The third-order valence-electron chi connectivity index (χ3n) is 3.75. The molecule has 7 heteroatoms. The second-order valence-electron chi connectivity index (χ2n) is 7.53. The molecule has 0 radical (unpaired) electrons.